The lowest BCUT2D eigenvalue weighted by atomic mass is 9.95. The van der Waals surface area contributed by atoms with Gasteiger partial charge in [0.25, 0.3) is 0 Å². The van der Waals surface area contributed by atoms with Crippen LogP contribution < -0.4 is 0 Å². The molecule has 2 amide bonds. The second-order valence-electron chi connectivity index (χ2n) is 9.14. The number of amides is 2. The van der Waals surface area contributed by atoms with Crippen LogP contribution in [0.25, 0.3) is 6.08 Å². The van der Waals surface area contributed by atoms with Crippen LogP contribution in [0.5, 0.6) is 0 Å². The number of likely N-dealkylation sites (tertiary alicyclic amines) is 1. The highest BCUT2D eigenvalue weighted by atomic mass is 19.4. The molecule has 5 nitrogen and oxygen atoms in total. The first-order valence-corrected chi connectivity index (χ1v) is 12.0. The molecule has 0 N–H and O–H groups in total. The average Bonchev–Trinajstić information content (AvgIpc) is 2.88. The zero-order chi connectivity index (χ0) is 24.8. The maximum atomic E-state index is 13.0. The van der Waals surface area contributed by atoms with E-state index in [2.05, 4.69) is 4.90 Å². The van der Waals surface area contributed by atoms with Crippen LogP contribution in [-0.4, -0.2) is 65.8 Å². The topological polar surface area (TPSA) is 43.9 Å². The van der Waals surface area contributed by atoms with Crippen LogP contribution in [0.2, 0.25) is 0 Å². The Kier molecular flexibility index (Phi) is 7.90. The molecule has 2 aliphatic heterocycles. The summed E-state index contributed by atoms with van der Waals surface area (Å²) in [5.74, 6) is -0.00854. The molecule has 0 atom stereocenters. The van der Waals surface area contributed by atoms with E-state index >= 15 is 0 Å². The van der Waals surface area contributed by atoms with Crippen LogP contribution in [0.4, 0.5) is 13.2 Å². The van der Waals surface area contributed by atoms with E-state index in [4.69, 9.17) is 0 Å². The monoisotopic (exact) mass is 485 g/mol. The van der Waals surface area contributed by atoms with Gasteiger partial charge in [-0.3, -0.25) is 14.5 Å². The quantitative estimate of drug-likeness (QED) is 0.594. The van der Waals surface area contributed by atoms with E-state index in [1.165, 1.54) is 12.1 Å². The van der Waals surface area contributed by atoms with E-state index in [0.717, 1.165) is 11.6 Å². The van der Waals surface area contributed by atoms with Crippen LogP contribution in [-0.2, 0) is 22.3 Å². The van der Waals surface area contributed by atoms with Gasteiger partial charge in [-0.2, -0.15) is 13.2 Å². The lowest BCUT2D eigenvalue weighted by molar-refractivity contribution is -0.141. The zero-order valence-electron chi connectivity index (χ0n) is 19.6. The normalized spacial score (nSPS) is 18.3. The molecule has 0 bridgehead atoms. The summed E-state index contributed by atoms with van der Waals surface area (Å²) >= 11 is 0. The van der Waals surface area contributed by atoms with Crippen molar-refractivity contribution in [2.24, 2.45) is 5.92 Å². The Morgan fingerprint density at radius 2 is 1.54 bits per heavy atom. The summed E-state index contributed by atoms with van der Waals surface area (Å²) in [6, 6.07) is 15.1. The van der Waals surface area contributed by atoms with Gasteiger partial charge in [0.05, 0.1) is 5.56 Å². The van der Waals surface area contributed by atoms with Crippen LogP contribution in [0.1, 0.15) is 29.5 Å². The molecular weight excluding hydrogens is 455 g/mol. The minimum absolute atomic E-state index is 0.0389. The van der Waals surface area contributed by atoms with Crippen molar-refractivity contribution in [1.82, 2.24) is 14.7 Å². The molecule has 0 saturated carbocycles. The Bertz CT molecular complexity index is 1040. The summed E-state index contributed by atoms with van der Waals surface area (Å²) in [5, 5.41) is 0. The molecular formula is C27H30F3N3O2. The van der Waals surface area contributed by atoms with Gasteiger partial charge in [-0.05, 0) is 36.1 Å². The van der Waals surface area contributed by atoms with Crippen LogP contribution >= 0.6 is 0 Å². The van der Waals surface area contributed by atoms with E-state index in [0.29, 0.717) is 64.2 Å². The number of piperidine rings is 1. The Hall–Kier alpha value is -3.13. The van der Waals surface area contributed by atoms with Crippen molar-refractivity contribution in [3.63, 3.8) is 0 Å². The Labute approximate surface area is 203 Å². The summed E-state index contributed by atoms with van der Waals surface area (Å²) in [6.07, 6.45) is 0.335. The molecule has 2 aliphatic rings. The minimum Gasteiger partial charge on any atom is -0.340 e. The lowest BCUT2D eigenvalue weighted by Gasteiger charge is -2.38. The van der Waals surface area contributed by atoms with Crippen molar-refractivity contribution in [1.29, 1.82) is 0 Å². The van der Waals surface area contributed by atoms with Gasteiger partial charge >= 0.3 is 6.18 Å². The number of carbonyl (C=O) groups is 2. The van der Waals surface area contributed by atoms with Gasteiger partial charge in [0.1, 0.15) is 0 Å². The molecule has 0 radical (unpaired) electrons. The van der Waals surface area contributed by atoms with Gasteiger partial charge in [0.2, 0.25) is 11.8 Å². The third-order valence-corrected chi connectivity index (χ3v) is 6.72. The van der Waals surface area contributed by atoms with Gasteiger partial charge in [0, 0.05) is 57.8 Å². The first-order chi connectivity index (χ1) is 16.8. The van der Waals surface area contributed by atoms with Crippen LogP contribution in [0.15, 0.2) is 60.7 Å². The first-order valence-electron chi connectivity index (χ1n) is 12.0. The molecule has 0 aromatic heterocycles. The van der Waals surface area contributed by atoms with Crippen molar-refractivity contribution in [2.75, 3.05) is 39.3 Å². The molecule has 0 spiro atoms. The molecule has 0 aliphatic carbocycles. The van der Waals surface area contributed by atoms with Crippen LogP contribution in [0, 0.1) is 5.92 Å². The number of nitrogens with zero attached hydrogens (tertiary/aromatic N) is 3. The van der Waals surface area contributed by atoms with Crippen molar-refractivity contribution in [3.05, 3.63) is 77.4 Å². The van der Waals surface area contributed by atoms with E-state index in [1.54, 1.807) is 23.1 Å². The Morgan fingerprint density at radius 1 is 0.857 bits per heavy atom. The van der Waals surface area contributed by atoms with E-state index in [1.807, 2.05) is 35.2 Å². The molecule has 2 fully saturated rings. The summed E-state index contributed by atoms with van der Waals surface area (Å²) in [5.41, 5.74) is 0.959. The number of carbonyl (C=O) groups excluding carboxylic acids is 2. The standard InChI is InChI=1S/C27H30F3N3O2/c28-27(29,30)24-8-4-7-22(19-24)20-31-15-17-33(18-16-31)26(35)23-11-13-32(14-12-23)25(34)10-9-21-5-2-1-3-6-21/h1-10,19,23H,11-18,20H2. The molecule has 8 heteroatoms. The number of piperazine rings is 1. The van der Waals surface area contributed by atoms with E-state index < -0.39 is 11.7 Å². The third-order valence-electron chi connectivity index (χ3n) is 6.72. The highest BCUT2D eigenvalue weighted by molar-refractivity contribution is 5.92. The van der Waals surface area contributed by atoms with Crippen molar-refractivity contribution in [3.8, 4) is 0 Å². The van der Waals surface area contributed by atoms with Crippen molar-refractivity contribution in [2.45, 2.75) is 25.6 Å². The molecule has 4 rings (SSSR count). The minimum atomic E-state index is -4.35. The van der Waals surface area contributed by atoms with E-state index in [9.17, 15) is 22.8 Å². The van der Waals surface area contributed by atoms with Gasteiger partial charge < -0.3 is 9.80 Å². The van der Waals surface area contributed by atoms with Gasteiger partial charge in [-0.25, -0.2) is 0 Å². The van der Waals surface area contributed by atoms with Gasteiger partial charge in [0.15, 0.2) is 0 Å². The second-order valence-corrected chi connectivity index (χ2v) is 9.14. The number of halogens is 3. The zero-order valence-corrected chi connectivity index (χ0v) is 19.6. The Morgan fingerprint density at radius 3 is 2.20 bits per heavy atom. The fraction of sp³-hybridized carbons (Fsp3) is 0.407. The molecule has 186 valence electrons. The van der Waals surface area contributed by atoms with Crippen molar-refractivity contribution < 1.29 is 22.8 Å². The molecule has 35 heavy (non-hydrogen) atoms. The fourth-order valence-corrected chi connectivity index (χ4v) is 4.67. The summed E-state index contributed by atoms with van der Waals surface area (Å²) in [6.45, 7) is 3.94. The second kappa shape index (κ2) is 11.1. The van der Waals surface area contributed by atoms with Gasteiger partial charge in [-0.15, -0.1) is 0 Å². The SMILES string of the molecule is O=C(C=Cc1ccccc1)N1CCC(C(=O)N2CCN(Cc3cccc(C(F)(F)F)c3)CC2)CC1. The average molecular weight is 486 g/mol. The molecule has 2 saturated heterocycles. The molecule has 2 heterocycles. The van der Waals surface area contributed by atoms with E-state index in [-0.39, 0.29) is 17.7 Å². The van der Waals surface area contributed by atoms with Crippen molar-refractivity contribution >= 4 is 17.9 Å². The highest BCUT2D eigenvalue weighted by Gasteiger charge is 2.32. The smallest absolute Gasteiger partial charge is 0.340 e. The number of rotatable bonds is 5. The predicted octanol–water partition coefficient (Wildman–Crippen LogP) is 4.30. The number of hydrogen-bond acceptors (Lipinski definition) is 3. The summed E-state index contributed by atoms with van der Waals surface area (Å²) in [7, 11) is 0. The highest BCUT2D eigenvalue weighted by Crippen LogP contribution is 2.30. The first kappa shape index (κ1) is 25.0. The third kappa shape index (κ3) is 6.72. The lowest BCUT2D eigenvalue weighted by Crippen LogP contribution is -2.51. The van der Waals surface area contributed by atoms with Gasteiger partial charge in [-0.1, -0.05) is 48.5 Å². The molecule has 2 aromatic carbocycles. The maximum absolute atomic E-state index is 13.0. The number of hydrogen-bond donors (Lipinski definition) is 0. The largest absolute Gasteiger partial charge is 0.416 e. The molecule has 0 unspecified atom stereocenters. The summed E-state index contributed by atoms with van der Waals surface area (Å²) in [4.78, 5) is 31.2. The number of alkyl halides is 3. The maximum Gasteiger partial charge on any atom is 0.416 e. The Balaban J connectivity index is 1.22. The fourth-order valence-electron chi connectivity index (χ4n) is 4.67. The number of benzene rings is 2. The molecule has 2 aromatic rings. The predicted molar refractivity (Wildman–Crippen MR) is 128 cm³/mol. The summed E-state index contributed by atoms with van der Waals surface area (Å²) < 4.78 is 38.9. The van der Waals surface area contributed by atoms with Crippen LogP contribution in [0.3, 0.4) is 0 Å².